The highest BCUT2D eigenvalue weighted by molar-refractivity contribution is 5.88. The summed E-state index contributed by atoms with van der Waals surface area (Å²) >= 11 is 0. The molecule has 0 saturated heterocycles. The Morgan fingerprint density at radius 3 is 2.79 bits per heavy atom. The predicted octanol–water partition coefficient (Wildman–Crippen LogP) is 2.99. The van der Waals surface area contributed by atoms with E-state index >= 15 is 0 Å². The van der Waals surface area contributed by atoms with E-state index in [1.54, 1.807) is 29.8 Å². The van der Waals surface area contributed by atoms with Crippen molar-refractivity contribution in [2.75, 3.05) is 11.9 Å². The van der Waals surface area contributed by atoms with Crippen LogP contribution in [0, 0.1) is 12.7 Å². The first-order valence-corrected chi connectivity index (χ1v) is 7.89. The van der Waals surface area contributed by atoms with Crippen molar-refractivity contribution in [1.29, 1.82) is 0 Å². The molecule has 1 unspecified atom stereocenters. The smallest absolute Gasteiger partial charge is 0.320 e. The molecule has 0 saturated carbocycles. The summed E-state index contributed by atoms with van der Waals surface area (Å²) in [5.41, 5.74) is 0.653. The molecule has 1 aromatic carbocycles. The van der Waals surface area contributed by atoms with Gasteiger partial charge in [-0.1, -0.05) is 19.4 Å². The van der Waals surface area contributed by atoms with Crippen LogP contribution in [0.5, 0.6) is 0 Å². The van der Waals surface area contributed by atoms with Crippen LogP contribution in [0.3, 0.4) is 0 Å². The molecule has 24 heavy (non-hydrogen) atoms. The van der Waals surface area contributed by atoms with Gasteiger partial charge in [0.2, 0.25) is 0 Å². The predicted molar refractivity (Wildman–Crippen MR) is 90.8 cm³/mol. The zero-order valence-corrected chi connectivity index (χ0v) is 14.1. The van der Waals surface area contributed by atoms with Crippen LogP contribution >= 0.6 is 0 Å². The molecule has 0 aliphatic rings. The maximum Gasteiger partial charge on any atom is 0.320 e. The molecule has 2 aromatic rings. The van der Waals surface area contributed by atoms with Crippen molar-refractivity contribution >= 4 is 11.8 Å². The van der Waals surface area contributed by atoms with Crippen LogP contribution in [0.4, 0.5) is 15.0 Å². The summed E-state index contributed by atoms with van der Waals surface area (Å²) in [6, 6.07) is 7.32. The van der Waals surface area contributed by atoms with Crippen LogP contribution in [-0.2, 0) is 0 Å². The van der Waals surface area contributed by atoms with E-state index in [9.17, 15) is 14.3 Å². The number of nitrogens with one attached hydrogen (secondary N) is 2. The van der Waals surface area contributed by atoms with Crippen LogP contribution in [0.1, 0.15) is 32.4 Å². The van der Waals surface area contributed by atoms with Crippen molar-refractivity contribution in [3.63, 3.8) is 0 Å². The number of hydrogen-bond acceptors (Lipinski definition) is 3. The van der Waals surface area contributed by atoms with Crippen LogP contribution in [0.2, 0.25) is 0 Å². The van der Waals surface area contributed by atoms with Gasteiger partial charge in [-0.15, -0.1) is 5.10 Å². The van der Waals surface area contributed by atoms with Gasteiger partial charge in [0.05, 0.1) is 17.8 Å². The van der Waals surface area contributed by atoms with Gasteiger partial charge in [-0.05, 0) is 38.5 Å². The lowest BCUT2D eigenvalue weighted by Gasteiger charge is -2.28. The number of aryl methyl sites for hydroxylation is 1. The lowest BCUT2D eigenvalue weighted by molar-refractivity contribution is 0.167. The molecule has 2 rings (SSSR count). The summed E-state index contributed by atoms with van der Waals surface area (Å²) in [7, 11) is 0. The van der Waals surface area contributed by atoms with Gasteiger partial charge < -0.3 is 10.4 Å². The number of nitrogens with zero attached hydrogens (tertiary/aromatic N) is 2. The third kappa shape index (κ3) is 4.32. The zero-order chi connectivity index (χ0) is 17.7. The summed E-state index contributed by atoms with van der Waals surface area (Å²) in [5, 5.41) is 19.1. The lowest BCUT2D eigenvalue weighted by atomic mass is 9.98. The van der Waals surface area contributed by atoms with E-state index < -0.39 is 11.6 Å². The second-order valence-electron chi connectivity index (χ2n) is 6.11. The molecule has 6 nitrogen and oxygen atoms in total. The number of aliphatic hydroxyl groups excluding tert-OH is 1. The van der Waals surface area contributed by atoms with Crippen molar-refractivity contribution in [3.8, 4) is 5.69 Å². The standard InChI is InChI=1S/C17H23FN4O2/c1-4-8-17(3,11-23)20-16(24)19-15-9-12(2)22(21-15)14-7-5-6-13(18)10-14/h5-7,9-10,23H,4,8,11H2,1-3H3,(H2,19,20,21,24). The topological polar surface area (TPSA) is 79.2 Å². The van der Waals surface area contributed by atoms with Gasteiger partial charge in [-0.25, -0.2) is 13.9 Å². The van der Waals surface area contributed by atoms with Crippen molar-refractivity contribution in [1.82, 2.24) is 15.1 Å². The first-order valence-electron chi connectivity index (χ1n) is 7.89. The molecule has 0 aliphatic heterocycles. The highest BCUT2D eigenvalue weighted by Crippen LogP contribution is 2.17. The maximum atomic E-state index is 13.4. The Kier molecular flexibility index (Phi) is 5.56. The van der Waals surface area contributed by atoms with Crippen LogP contribution in [0.25, 0.3) is 5.69 Å². The average molecular weight is 334 g/mol. The molecule has 7 heteroatoms. The van der Waals surface area contributed by atoms with E-state index in [-0.39, 0.29) is 12.4 Å². The molecular weight excluding hydrogens is 311 g/mol. The summed E-state index contributed by atoms with van der Waals surface area (Å²) in [6.07, 6.45) is 1.50. The van der Waals surface area contributed by atoms with E-state index in [1.165, 1.54) is 12.1 Å². The molecule has 1 atom stereocenters. The Morgan fingerprint density at radius 1 is 1.42 bits per heavy atom. The summed E-state index contributed by atoms with van der Waals surface area (Å²) in [5.74, 6) is -0.000945. The molecule has 0 aliphatic carbocycles. The van der Waals surface area contributed by atoms with Crippen LogP contribution in [-0.4, -0.2) is 33.1 Å². The summed E-state index contributed by atoms with van der Waals surface area (Å²) in [6.45, 7) is 5.44. The largest absolute Gasteiger partial charge is 0.394 e. The number of anilines is 1. The normalized spacial score (nSPS) is 13.4. The van der Waals surface area contributed by atoms with Gasteiger partial charge in [0.1, 0.15) is 5.82 Å². The molecule has 0 fully saturated rings. The second-order valence-corrected chi connectivity index (χ2v) is 6.11. The van der Waals surface area contributed by atoms with Gasteiger partial charge in [-0.2, -0.15) is 0 Å². The SMILES string of the molecule is CCCC(C)(CO)NC(=O)Nc1cc(C)n(-c2cccc(F)c2)n1. The number of urea groups is 1. The minimum atomic E-state index is -0.682. The highest BCUT2D eigenvalue weighted by atomic mass is 19.1. The fourth-order valence-electron chi connectivity index (χ4n) is 2.56. The molecule has 0 spiro atoms. The number of carbonyl (C=O) groups excluding carboxylic acids is 1. The van der Waals surface area contributed by atoms with Crippen LogP contribution in [0.15, 0.2) is 30.3 Å². The molecule has 3 N–H and O–H groups in total. The van der Waals surface area contributed by atoms with Gasteiger partial charge in [-0.3, -0.25) is 5.32 Å². The quantitative estimate of drug-likeness (QED) is 0.760. The molecule has 1 aromatic heterocycles. The number of halogens is 1. The van der Waals surface area contributed by atoms with Crippen LogP contribution < -0.4 is 10.6 Å². The Balaban J connectivity index is 2.11. The Hall–Kier alpha value is -2.41. The van der Waals surface area contributed by atoms with Gasteiger partial charge >= 0.3 is 6.03 Å². The Bertz CT molecular complexity index is 716. The van der Waals surface area contributed by atoms with Gasteiger partial charge in [0, 0.05) is 11.8 Å². The number of hydrogen-bond donors (Lipinski definition) is 3. The van der Waals surface area contributed by atoms with E-state index in [2.05, 4.69) is 15.7 Å². The first-order chi connectivity index (χ1) is 11.4. The Labute approximate surface area is 140 Å². The summed E-state index contributed by atoms with van der Waals surface area (Å²) in [4.78, 5) is 12.1. The fraction of sp³-hybridized carbons (Fsp3) is 0.412. The summed E-state index contributed by atoms with van der Waals surface area (Å²) < 4.78 is 14.9. The molecule has 2 amide bonds. The van der Waals surface area contributed by atoms with Gasteiger partial charge in [0.25, 0.3) is 0 Å². The first kappa shape index (κ1) is 17.9. The number of rotatable bonds is 6. The zero-order valence-electron chi connectivity index (χ0n) is 14.1. The molecule has 0 bridgehead atoms. The van der Waals surface area contributed by atoms with Crippen molar-refractivity contribution in [3.05, 3.63) is 41.8 Å². The van der Waals surface area contributed by atoms with E-state index in [1.807, 2.05) is 13.8 Å². The minimum absolute atomic E-state index is 0.148. The van der Waals surface area contributed by atoms with Gasteiger partial charge in [0.15, 0.2) is 5.82 Å². The highest BCUT2D eigenvalue weighted by Gasteiger charge is 2.24. The second kappa shape index (κ2) is 7.44. The number of aromatic nitrogens is 2. The van der Waals surface area contributed by atoms with E-state index in [4.69, 9.17) is 0 Å². The lowest BCUT2D eigenvalue weighted by Crippen LogP contribution is -2.50. The van der Waals surface area contributed by atoms with Crippen molar-refractivity contribution < 1.29 is 14.3 Å². The van der Waals surface area contributed by atoms with Crippen molar-refractivity contribution in [2.45, 2.75) is 39.2 Å². The fourth-order valence-corrected chi connectivity index (χ4v) is 2.56. The number of amides is 2. The average Bonchev–Trinajstić information content (AvgIpc) is 2.87. The number of carbonyl (C=O) groups is 1. The molecule has 0 radical (unpaired) electrons. The van der Waals surface area contributed by atoms with E-state index in [0.29, 0.717) is 17.9 Å². The third-order valence-corrected chi connectivity index (χ3v) is 3.75. The Morgan fingerprint density at radius 2 is 2.17 bits per heavy atom. The third-order valence-electron chi connectivity index (χ3n) is 3.75. The number of benzene rings is 1. The van der Waals surface area contributed by atoms with E-state index in [0.717, 1.165) is 12.1 Å². The maximum absolute atomic E-state index is 13.4. The van der Waals surface area contributed by atoms with Crippen molar-refractivity contribution in [2.24, 2.45) is 0 Å². The molecular formula is C17H23FN4O2. The monoisotopic (exact) mass is 334 g/mol. The number of aliphatic hydroxyl groups is 1. The molecule has 1 heterocycles. The molecule has 130 valence electrons. The minimum Gasteiger partial charge on any atom is -0.394 e.